The van der Waals surface area contributed by atoms with Gasteiger partial charge in [0.15, 0.2) is 5.16 Å². The summed E-state index contributed by atoms with van der Waals surface area (Å²) in [7, 11) is 0. The number of rotatable bonds is 2. The number of nitrogens with two attached hydrogens (primary N) is 1. The molecule has 0 bridgehead atoms. The third-order valence-electron chi connectivity index (χ3n) is 2.22. The van der Waals surface area contributed by atoms with Crippen molar-refractivity contribution in [3.63, 3.8) is 0 Å². The summed E-state index contributed by atoms with van der Waals surface area (Å²) in [6.45, 7) is 3.77. The van der Waals surface area contributed by atoms with Crippen LogP contribution in [0.3, 0.4) is 0 Å². The molecule has 0 aliphatic heterocycles. The molecule has 3 N–H and O–H groups in total. The highest BCUT2D eigenvalue weighted by molar-refractivity contribution is 7.99. The van der Waals surface area contributed by atoms with E-state index in [4.69, 9.17) is 5.73 Å². The highest BCUT2D eigenvalue weighted by Crippen LogP contribution is 2.29. The van der Waals surface area contributed by atoms with Crippen LogP contribution in [0, 0.1) is 13.8 Å². The number of aromatic nitrogens is 2. The van der Waals surface area contributed by atoms with Crippen molar-refractivity contribution in [1.29, 1.82) is 0 Å². The Bertz CT molecular complexity index is 607. The first-order valence-corrected chi connectivity index (χ1v) is 5.98. The number of H-pyrrole nitrogens is 1. The van der Waals surface area contributed by atoms with E-state index in [1.807, 2.05) is 25.1 Å². The van der Waals surface area contributed by atoms with Crippen LogP contribution in [0.15, 0.2) is 39.1 Å². The maximum atomic E-state index is 11.3. The van der Waals surface area contributed by atoms with Gasteiger partial charge in [0.1, 0.15) is 0 Å². The molecule has 1 aromatic carbocycles. The average Bonchev–Trinajstić information content (AvgIpc) is 2.21. The summed E-state index contributed by atoms with van der Waals surface area (Å²) in [6, 6.07) is 7.27. The summed E-state index contributed by atoms with van der Waals surface area (Å²) < 4.78 is 0. The molecule has 0 amide bonds. The quantitative estimate of drug-likeness (QED) is 0.630. The molecule has 0 saturated heterocycles. The van der Waals surface area contributed by atoms with Crippen LogP contribution in [0.2, 0.25) is 0 Å². The molecule has 0 unspecified atom stereocenters. The molecule has 2 rings (SSSR count). The standard InChI is InChI=1S/C12H13N3OS/c1-7-3-4-10(9(13)5-7)17-12-14-8(2)6-11(16)15-12/h3-6H,13H2,1-2H3,(H,14,15,16). The zero-order valence-electron chi connectivity index (χ0n) is 9.65. The van der Waals surface area contributed by atoms with E-state index in [0.29, 0.717) is 16.5 Å². The van der Waals surface area contributed by atoms with Gasteiger partial charge >= 0.3 is 0 Å². The van der Waals surface area contributed by atoms with Crippen molar-refractivity contribution < 1.29 is 0 Å². The van der Waals surface area contributed by atoms with E-state index in [-0.39, 0.29) is 5.56 Å². The van der Waals surface area contributed by atoms with Gasteiger partial charge in [0.25, 0.3) is 5.56 Å². The first kappa shape index (κ1) is 11.7. The summed E-state index contributed by atoms with van der Waals surface area (Å²) in [5.74, 6) is 0. The number of nitrogens with one attached hydrogen (secondary N) is 1. The molecule has 88 valence electrons. The summed E-state index contributed by atoms with van der Waals surface area (Å²) in [5, 5.41) is 0.561. The summed E-state index contributed by atoms with van der Waals surface area (Å²) in [6.07, 6.45) is 0. The Morgan fingerprint density at radius 2 is 2.06 bits per heavy atom. The molecule has 0 radical (unpaired) electrons. The van der Waals surface area contributed by atoms with E-state index in [9.17, 15) is 4.79 Å². The maximum Gasteiger partial charge on any atom is 0.251 e. The number of aryl methyl sites for hydroxylation is 2. The Hall–Kier alpha value is -1.75. The van der Waals surface area contributed by atoms with E-state index in [1.54, 1.807) is 6.92 Å². The number of nitrogen functional groups attached to an aromatic ring is 1. The molecule has 4 nitrogen and oxygen atoms in total. The Morgan fingerprint density at radius 1 is 1.29 bits per heavy atom. The van der Waals surface area contributed by atoms with Gasteiger partial charge in [0, 0.05) is 22.3 Å². The molecule has 1 aromatic heterocycles. The number of hydrogen-bond donors (Lipinski definition) is 2. The Morgan fingerprint density at radius 3 is 2.71 bits per heavy atom. The van der Waals surface area contributed by atoms with Crippen molar-refractivity contribution in [2.75, 3.05) is 5.73 Å². The van der Waals surface area contributed by atoms with Crippen LogP contribution in [-0.4, -0.2) is 9.97 Å². The van der Waals surface area contributed by atoms with Gasteiger partial charge in [-0.1, -0.05) is 6.07 Å². The molecule has 0 spiro atoms. The molecule has 1 heterocycles. The normalized spacial score (nSPS) is 10.5. The highest BCUT2D eigenvalue weighted by Gasteiger charge is 2.04. The van der Waals surface area contributed by atoms with Crippen molar-refractivity contribution >= 4 is 17.4 Å². The second-order valence-corrected chi connectivity index (χ2v) is 4.87. The first-order valence-electron chi connectivity index (χ1n) is 5.16. The molecule has 0 fully saturated rings. The second-order valence-electron chi connectivity index (χ2n) is 3.84. The smallest absolute Gasteiger partial charge is 0.251 e. The number of nitrogens with zero attached hydrogens (tertiary/aromatic N) is 1. The summed E-state index contributed by atoms with van der Waals surface area (Å²) in [4.78, 5) is 19.1. The van der Waals surface area contributed by atoms with Gasteiger partial charge in [0.05, 0.1) is 0 Å². The lowest BCUT2D eigenvalue weighted by Gasteiger charge is -2.05. The van der Waals surface area contributed by atoms with E-state index in [2.05, 4.69) is 9.97 Å². The SMILES string of the molecule is Cc1ccc(Sc2nc(C)cc(=O)[nH]2)c(N)c1. The van der Waals surface area contributed by atoms with Crippen LogP contribution in [-0.2, 0) is 0 Å². The van der Waals surface area contributed by atoms with Crippen molar-refractivity contribution in [2.45, 2.75) is 23.9 Å². The Labute approximate surface area is 103 Å². The average molecular weight is 247 g/mol. The lowest BCUT2D eigenvalue weighted by Crippen LogP contribution is -2.08. The fourth-order valence-corrected chi connectivity index (χ4v) is 2.33. The van der Waals surface area contributed by atoms with Crippen molar-refractivity contribution in [3.05, 3.63) is 45.9 Å². The number of benzene rings is 1. The maximum absolute atomic E-state index is 11.3. The fourth-order valence-electron chi connectivity index (χ4n) is 1.46. The predicted molar refractivity (Wildman–Crippen MR) is 69.3 cm³/mol. The molecule has 0 atom stereocenters. The van der Waals surface area contributed by atoms with Gasteiger partial charge in [-0.2, -0.15) is 0 Å². The van der Waals surface area contributed by atoms with Crippen LogP contribution in [0.1, 0.15) is 11.3 Å². The summed E-state index contributed by atoms with van der Waals surface area (Å²) in [5.41, 5.74) is 8.26. The Kier molecular flexibility index (Phi) is 3.19. The van der Waals surface area contributed by atoms with Crippen LogP contribution < -0.4 is 11.3 Å². The van der Waals surface area contributed by atoms with E-state index >= 15 is 0 Å². The lowest BCUT2D eigenvalue weighted by atomic mass is 10.2. The third kappa shape index (κ3) is 2.88. The minimum Gasteiger partial charge on any atom is -0.398 e. The van der Waals surface area contributed by atoms with Crippen LogP contribution in [0.25, 0.3) is 0 Å². The second kappa shape index (κ2) is 4.63. The fraction of sp³-hybridized carbons (Fsp3) is 0.167. The zero-order chi connectivity index (χ0) is 12.4. The van der Waals surface area contributed by atoms with Gasteiger partial charge < -0.3 is 10.7 Å². The number of hydrogen-bond acceptors (Lipinski definition) is 4. The lowest BCUT2D eigenvalue weighted by molar-refractivity contribution is 0.905. The van der Waals surface area contributed by atoms with E-state index in [0.717, 1.165) is 10.5 Å². The molecule has 0 aliphatic rings. The number of anilines is 1. The van der Waals surface area contributed by atoms with Gasteiger partial charge in [-0.05, 0) is 43.3 Å². The van der Waals surface area contributed by atoms with Gasteiger partial charge in [0.2, 0.25) is 0 Å². The molecule has 5 heteroatoms. The van der Waals surface area contributed by atoms with Crippen molar-refractivity contribution in [1.82, 2.24) is 9.97 Å². The predicted octanol–water partition coefficient (Wildman–Crippen LogP) is 2.12. The van der Waals surface area contributed by atoms with Gasteiger partial charge in [-0.15, -0.1) is 0 Å². The minimum atomic E-state index is -0.148. The van der Waals surface area contributed by atoms with Crippen molar-refractivity contribution in [3.8, 4) is 0 Å². The number of aromatic amines is 1. The molecular weight excluding hydrogens is 234 g/mol. The van der Waals surface area contributed by atoms with Crippen LogP contribution in [0.4, 0.5) is 5.69 Å². The van der Waals surface area contributed by atoms with E-state index in [1.165, 1.54) is 17.8 Å². The Balaban J connectivity index is 2.34. The van der Waals surface area contributed by atoms with E-state index < -0.39 is 0 Å². The molecule has 17 heavy (non-hydrogen) atoms. The molecule has 0 saturated carbocycles. The third-order valence-corrected chi connectivity index (χ3v) is 3.20. The molecule has 2 aromatic rings. The minimum absolute atomic E-state index is 0.148. The monoisotopic (exact) mass is 247 g/mol. The zero-order valence-corrected chi connectivity index (χ0v) is 10.5. The van der Waals surface area contributed by atoms with Crippen molar-refractivity contribution in [2.24, 2.45) is 0 Å². The van der Waals surface area contributed by atoms with Crippen LogP contribution >= 0.6 is 11.8 Å². The molecule has 0 aliphatic carbocycles. The first-order chi connectivity index (χ1) is 8.04. The summed E-state index contributed by atoms with van der Waals surface area (Å²) >= 11 is 1.36. The largest absolute Gasteiger partial charge is 0.398 e. The van der Waals surface area contributed by atoms with Crippen LogP contribution in [0.5, 0.6) is 0 Å². The van der Waals surface area contributed by atoms with Gasteiger partial charge in [-0.25, -0.2) is 4.98 Å². The highest BCUT2D eigenvalue weighted by atomic mass is 32.2. The molecular formula is C12H13N3OS. The van der Waals surface area contributed by atoms with Gasteiger partial charge in [-0.3, -0.25) is 4.79 Å². The topological polar surface area (TPSA) is 71.8 Å².